The van der Waals surface area contributed by atoms with Gasteiger partial charge in [0.05, 0.1) is 23.8 Å². The summed E-state index contributed by atoms with van der Waals surface area (Å²) in [5.41, 5.74) is 1.83. The van der Waals surface area contributed by atoms with Gasteiger partial charge in [-0.2, -0.15) is 14.9 Å². The molecule has 0 fully saturated rings. The Morgan fingerprint density at radius 2 is 1.96 bits per heavy atom. The van der Waals surface area contributed by atoms with E-state index in [1.807, 2.05) is 43.0 Å². The lowest BCUT2D eigenvalue weighted by atomic mass is 10.3. The van der Waals surface area contributed by atoms with Crippen molar-refractivity contribution in [2.75, 3.05) is 11.9 Å². The lowest BCUT2D eigenvalue weighted by Gasteiger charge is -2.18. The average Bonchev–Trinajstić information content (AvgIpc) is 3.22. The van der Waals surface area contributed by atoms with Crippen LogP contribution in [0.5, 0.6) is 0 Å². The lowest BCUT2D eigenvalue weighted by Crippen LogP contribution is -2.20. The fourth-order valence-corrected chi connectivity index (χ4v) is 2.66. The zero-order chi connectivity index (χ0) is 16.5. The van der Waals surface area contributed by atoms with E-state index >= 15 is 0 Å². The summed E-state index contributed by atoms with van der Waals surface area (Å²) in [6, 6.07) is 7.68. The maximum atomic E-state index is 4.44. The van der Waals surface area contributed by atoms with Gasteiger partial charge in [-0.25, -0.2) is 15.0 Å². The molecule has 0 aliphatic heterocycles. The topological polar surface area (TPSA) is 77.5 Å². The molecule has 4 aromatic heterocycles. The van der Waals surface area contributed by atoms with Gasteiger partial charge < -0.3 is 4.90 Å². The molecule has 0 aliphatic carbocycles. The highest BCUT2D eigenvalue weighted by Crippen LogP contribution is 2.24. The van der Waals surface area contributed by atoms with Crippen LogP contribution < -0.4 is 4.90 Å². The molecular formula is C16H16N8. The third kappa shape index (κ3) is 2.37. The fourth-order valence-electron chi connectivity index (χ4n) is 2.66. The number of rotatable bonds is 4. The Labute approximate surface area is 138 Å². The van der Waals surface area contributed by atoms with Crippen LogP contribution >= 0.6 is 0 Å². The largest absolute Gasteiger partial charge is 0.353 e. The molecule has 4 rings (SSSR count). The van der Waals surface area contributed by atoms with E-state index in [0.29, 0.717) is 6.54 Å². The van der Waals surface area contributed by atoms with Gasteiger partial charge in [-0.3, -0.25) is 4.68 Å². The summed E-state index contributed by atoms with van der Waals surface area (Å²) >= 11 is 0. The van der Waals surface area contributed by atoms with Crippen molar-refractivity contribution in [3.8, 4) is 5.82 Å². The molecule has 120 valence electrons. The number of hydrogen-bond donors (Lipinski definition) is 0. The predicted molar refractivity (Wildman–Crippen MR) is 89.8 cm³/mol. The van der Waals surface area contributed by atoms with Gasteiger partial charge in [0.2, 0.25) is 0 Å². The first-order chi connectivity index (χ1) is 11.7. The summed E-state index contributed by atoms with van der Waals surface area (Å²) in [5.74, 6) is 1.55. The zero-order valence-electron chi connectivity index (χ0n) is 13.4. The molecule has 0 N–H and O–H groups in total. The van der Waals surface area contributed by atoms with Crippen LogP contribution in [0, 0.1) is 0 Å². The van der Waals surface area contributed by atoms with E-state index in [9.17, 15) is 0 Å². The molecule has 8 nitrogen and oxygen atoms in total. The minimum absolute atomic E-state index is 0.692. The second-order valence-electron chi connectivity index (χ2n) is 5.48. The van der Waals surface area contributed by atoms with E-state index in [-0.39, 0.29) is 0 Å². The minimum atomic E-state index is 0.692. The highest BCUT2D eigenvalue weighted by molar-refractivity contribution is 5.87. The van der Waals surface area contributed by atoms with Crippen molar-refractivity contribution in [2.24, 2.45) is 7.05 Å². The average molecular weight is 320 g/mol. The smallest absolute Gasteiger partial charge is 0.170 e. The number of nitrogens with zero attached hydrogens (tertiary/aromatic N) is 8. The Balaban J connectivity index is 1.75. The van der Waals surface area contributed by atoms with Crippen LogP contribution in [0.1, 0.15) is 5.69 Å². The highest BCUT2D eigenvalue weighted by Gasteiger charge is 2.15. The van der Waals surface area contributed by atoms with Crippen LogP contribution in [0.15, 0.2) is 49.2 Å². The van der Waals surface area contributed by atoms with Crippen LogP contribution in [0.25, 0.3) is 16.9 Å². The van der Waals surface area contributed by atoms with Crippen LogP contribution in [0.3, 0.4) is 0 Å². The van der Waals surface area contributed by atoms with Crippen LogP contribution in [0.2, 0.25) is 0 Å². The second kappa shape index (κ2) is 5.73. The molecule has 0 radical (unpaired) electrons. The third-order valence-electron chi connectivity index (χ3n) is 3.89. The summed E-state index contributed by atoms with van der Waals surface area (Å²) in [4.78, 5) is 15.2. The first kappa shape index (κ1) is 14.3. The standard InChI is InChI=1S/C16H16N8/c1-22(10-12-6-8-20-23(12)2)15-13-9-21-24(16(13)19-11-18-15)14-5-3-4-7-17-14/h3-9,11H,10H2,1-2H3. The van der Waals surface area contributed by atoms with E-state index in [1.54, 1.807) is 29.6 Å². The summed E-state index contributed by atoms with van der Waals surface area (Å²) in [6.45, 7) is 0.692. The van der Waals surface area contributed by atoms with E-state index < -0.39 is 0 Å². The third-order valence-corrected chi connectivity index (χ3v) is 3.89. The minimum Gasteiger partial charge on any atom is -0.353 e. The Bertz CT molecular complexity index is 972. The summed E-state index contributed by atoms with van der Waals surface area (Å²) in [5, 5.41) is 9.51. The lowest BCUT2D eigenvalue weighted by molar-refractivity contribution is 0.697. The van der Waals surface area contributed by atoms with Gasteiger partial charge in [-0.15, -0.1) is 0 Å². The van der Waals surface area contributed by atoms with Gasteiger partial charge in [0.25, 0.3) is 0 Å². The molecule has 24 heavy (non-hydrogen) atoms. The molecule has 0 unspecified atom stereocenters. The zero-order valence-corrected chi connectivity index (χ0v) is 13.4. The van der Waals surface area contributed by atoms with Crippen molar-refractivity contribution in [1.29, 1.82) is 0 Å². The maximum Gasteiger partial charge on any atom is 0.170 e. The number of pyridine rings is 1. The molecular weight excluding hydrogens is 304 g/mol. The number of hydrogen-bond acceptors (Lipinski definition) is 6. The molecule has 0 amide bonds. The molecule has 0 aromatic carbocycles. The highest BCUT2D eigenvalue weighted by atomic mass is 15.3. The molecule has 4 aromatic rings. The molecule has 8 heteroatoms. The van der Waals surface area contributed by atoms with E-state index in [0.717, 1.165) is 28.4 Å². The molecule has 0 bridgehead atoms. The molecule has 0 saturated heterocycles. The Morgan fingerprint density at radius 1 is 1.04 bits per heavy atom. The van der Waals surface area contributed by atoms with Crippen molar-refractivity contribution < 1.29 is 0 Å². The molecule has 0 aliphatic rings. The van der Waals surface area contributed by atoms with Crippen LogP contribution in [-0.4, -0.2) is 41.6 Å². The van der Waals surface area contributed by atoms with Crippen molar-refractivity contribution in [2.45, 2.75) is 6.54 Å². The first-order valence-electron chi connectivity index (χ1n) is 7.52. The van der Waals surface area contributed by atoms with Crippen molar-refractivity contribution in [3.63, 3.8) is 0 Å². The molecule has 0 atom stereocenters. The summed E-state index contributed by atoms with van der Waals surface area (Å²) in [6.07, 6.45) is 6.86. The number of fused-ring (bicyclic) bond motifs is 1. The van der Waals surface area contributed by atoms with E-state index in [4.69, 9.17) is 0 Å². The van der Waals surface area contributed by atoms with Gasteiger partial charge in [0.1, 0.15) is 12.1 Å². The van der Waals surface area contributed by atoms with E-state index in [1.165, 1.54) is 0 Å². The van der Waals surface area contributed by atoms with Gasteiger partial charge in [0, 0.05) is 26.5 Å². The van der Waals surface area contributed by atoms with Gasteiger partial charge in [0.15, 0.2) is 11.5 Å². The van der Waals surface area contributed by atoms with Gasteiger partial charge >= 0.3 is 0 Å². The monoisotopic (exact) mass is 320 g/mol. The van der Waals surface area contributed by atoms with Gasteiger partial charge in [-0.1, -0.05) is 6.07 Å². The first-order valence-corrected chi connectivity index (χ1v) is 7.52. The quantitative estimate of drug-likeness (QED) is 0.568. The fraction of sp³-hybridized carbons (Fsp3) is 0.188. The molecule has 0 saturated carbocycles. The summed E-state index contributed by atoms with van der Waals surface area (Å²) in [7, 11) is 3.92. The van der Waals surface area contributed by atoms with Crippen molar-refractivity contribution >= 4 is 16.9 Å². The number of aromatic nitrogens is 7. The maximum absolute atomic E-state index is 4.44. The van der Waals surface area contributed by atoms with Crippen molar-refractivity contribution in [3.05, 3.63) is 54.9 Å². The normalized spacial score (nSPS) is 11.1. The molecule has 4 heterocycles. The predicted octanol–water partition coefficient (Wildman–Crippen LogP) is 1.58. The van der Waals surface area contributed by atoms with Gasteiger partial charge in [-0.05, 0) is 18.2 Å². The number of anilines is 1. The Hall–Kier alpha value is -3.29. The van der Waals surface area contributed by atoms with Crippen LogP contribution in [-0.2, 0) is 13.6 Å². The SMILES string of the molecule is CN(Cc1ccnn1C)c1ncnc2c1cnn2-c1ccccn1. The van der Waals surface area contributed by atoms with E-state index in [2.05, 4.69) is 30.0 Å². The second-order valence-corrected chi connectivity index (χ2v) is 5.48. The molecule has 0 spiro atoms. The van der Waals surface area contributed by atoms with Crippen molar-refractivity contribution in [1.82, 2.24) is 34.5 Å². The summed E-state index contributed by atoms with van der Waals surface area (Å²) < 4.78 is 3.57. The Kier molecular flexibility index (Phi) is 3.42. The Morgan fingerprint density at radius 3 is 2.71 bits per heavy atom. The number of aryl methyl sites for hydroxylation is 1. The van der Waals surface area contributed by atoms with Crippen LogP contribution in [0.4, 0.5) is 5.82 Å².